The summed E-state index contributed by atoms with van der Waals surface area (Å²) in [5, 5.41) is 13.1. The molecule has 0 spiro atoms. The van der Waals surface area contributed by atoms with Gasteiger partial charge in [-0.2, -0.15) is 0 Å². The molecule has 2 bridgehead atoms. The largest absolute Gasteiger partial charge is 0.411 e. The highest BCUT2D eigenvalue weighted by atomic mass is 32.2. The topological polar surface area (TPSA) is 32.6 Å². The predicted molar refractivity (Wildman–Crippen MR) is 71.6 cm³/mol. The van der Waals surface area contributed by atoms with Crippen LogP contribution in [0.5, 0.6) is 0 Å². The predicted octanol–water partition coefficient (Wildman–Crippen LogP) is 3.55. The maximum absolute atomic E-state index is 9.13. The van der Waals surface area contributed by atoms with E-state index in [-0.39, 0.29) is 0 Å². The Morgan fingerprint density at radius 2 is 2.06 bits per heavy atom. The van der Waals surface area contributed by atoms with E-state index < -0.39 is 0 Å². The van der Waals surface area contributed by atoms with Gasteiger partial charge in [0.2, 0.25) is 0 Å². The summed E-state index contributed by atoms with van der Waals surface area (Å²) >= 11 is 1.94. The van der Waals surface area contributed by atoms with E-state index in [2.05, 4.69) is 29.4 Å². The summed E-state index contributed by atoms with van der Waals surface area (Å²) in [6.07, 6.45) is 3.79. The van der Waals surface area contributed by atoms with Crippen LogP contribution in [0.4, 0.5) is 0 Å². The van der Waals surface area contributed by atoms with Crippen molar-refractivity contribution in [2.75, 3.05) is 0 Å². The van der Waals surface area contributed by atoms with Gasteiger partial charge in [0.15, 0.2) is 0 Å². The number of rotatable bonds is 3. The third-order valence-electron chi connectivity index (χ3n) is 4.00. The van der Waals surface area contributed by atoms with Gasteiger partial charge in [-0.25, -0.2) is 0 Å². The number of nitrogens with zero attached hydrogens (tertiary/aromatic N) is 1. The van der Waals surface area contributed by atoms with Gasteiger partial charge in [-0.1, -0.05) is 35.5 Å². The molecule has 2 aliphatic rings. The lowest BCUT2D eigenvalue weighted by Gasteiger charge is -2.22. The minimum absolute atomic E-state index is 0.457. The summed E-state index contributed by atoms with van der Waals surface area (Å²) in [5.41, 5.74) is 2.42. The molecule has 0 aromatic heterocycles. The second-order valence-corrected chi connectivity index (χ2v) is 6.14. The SMILES string of the molecule is O/N=C1\[C@H]2CC[C@@H](C2)[C@@H]1SCc1ccccc1. The highest BCUT2D eigenvalue weighted by molar-refractivity contribution is 7.99. The van der Waals surface area contributed by atoms with E-state index in [4.69, 9.17) is 5.21 Å². The summed E-state index contributed by atoms with van der Waals surface area (Å²) in [5.74, 6) is 2.34. The lowest BCUT2D eigenvalue weighted by molar-refractivity contribution is 0.314. The number of benzene rings is 1. The molecule has 2 saturated carbocycles. The minimum Gasteiger partial charge on any atom is -0.411 e. The molecule has 0 heterocycles. The van der Waals surface area contributed by atoms with Gasteiger partial charge >= 0.3 is 0 Å². The zero-order valence-electron chi connectivity index (χ0n) is 9.75. The quantitative estimate of drug-likeness (QED) is 0.654. The zero-order chi connectivity index (χ0) is 11.7. The molecule has 1 aromatic rings. The number of hydrogen-bond donors (Lipinski definition) is 1. The lowest BCUT2D eigenvalue weighted by Crippen LogP contribution is -2.25. The molecule has 2 fully saturated rings. The van der Waals surface area contributed by atoms with Gasteiger partial charge in [-0.3, -0.25) is 0 Å². The summed E-state index contributed by atoms with van der Waals surface area (Å²) in [7, 11) is 0. The van der Waals surface area contributed by atoms with Crippen LogP contribution in [-0.4, -0.2) is 16.2 Å². The van der Waals surface area contributed by atoms with Crippen LogP contribution in [0.3, 0.4) is 0 Å². The van der Waals surface area contributed by atoms with Gasteiger partial charge in [0.25, 0.3) is 0 Å². The maximum Gasteiger partial charge on any atom is 0.0734 e. The van der Waals surface area contributed by atoms with Gasteiger partial charge in [-0.05, 0) is 30.7 Å². The van der Waals surface area contributed by atoms with Crippen LogP contribution in [0.1, 0.15) is 24.8 Å². The molecule has 1 aromatic carbocycles. The minimum atomic E-state index is 0.457. The first-order valence-electron chi connectivity index (χ1n) is 6.26. The van der Waals surface area contributed by atoms with Crippen molar-refractivity contribution in [1.82, 2.24) is 0 Å². The molecular weight excluding hydrogens is 230 g/mol. The van der Waals surface area contributed by atoms with Crippen molar-refractivity contribution >= 4 is 17.5 Å². The molecule has 17 heavy (non-hydrogen) atoms. The second-order valence-electron chi connectivity index (χ2n) is 5.01. The number of hydrogen-bond acceptors (Lipinski definition) is 3. The normalized spacial score (nSPS) is 33.4. The molecule has 0 amide bonds. The molecule has 3 heteroatoms. The van der Waals surface area contributed by atoms with E-state index in [0.717, 1.165) is 17.4 Å². The van der Waals surface area contributed by atoms with Gasteiger partial charge in [-0.15, -0.1) is 11.8 Å². The number of fused-ring (bicyclic) bond motifs is 2. The summed E-state index contributed by atoms with van der Waals surface area (Å²) in [4.78, 5) is 0. The monoisotopic (exact) mass is 247 g/mol. The Labute approximate surface area is 106 Å². The van der Waals surface area contributed by atoms with Gasteiger partial charge in [0.05, 0.1) is 5.71 Å². The zero-order valence-corrected chi connectivity index (χ0v) is 10.6. The van der Waals surface area contributed by atoms with Crippen LogP contribution >= 0.6 is 11.8 Å². The van der Waals surface area contributed by atoms with Gasteiger partial charge in [0.1, 0.15) is 0 Å². The average Bonchev–Trinajstić information content (AvgIpc) is 2.97. The third kappa shape index (κ3) is 2.08. The van der Waals surface area contributed by atoms with Gasteiger partial charge in [0, 0.05) is 16.9 Å². The number of oxime groups is 1. The van der Waals surface area contributed by atoms with Crippen molar-refractivity contribution in [3.8, 4) is 0 Å². The first-order chi connectivity index (χ1) is 8.38. The fraction of sp³-hybridized carbons (Fsp3) is 0.500. The smallest absolute Gasteiger partial charge is 0.0734 e. The van der Waals surface area contributed by atoms with Gasteiger partial charge < -0.3 is 5.21 Å². The molecule has 90 valence electrons. The van der Waals surface area contributed by atoms with Crippen molar-refractivity contribution < 1.29 is 5.21 Å². The van der Waals surface area contributed by atoms with E-state index in [1.54, 1.807) is 0 Å². The Morgan fingerprint density at radius 3 is 2.82 bits per heavy atom. The first-order valence-corrected chi connectivity index (χ1v) is 7.30. The Morgan fingerprint density at radius 1 is 1.24 bits per heavy atom. The standard InChI is InChI=1S/C14H17NOS/c16-15-13-11-6-7-12(8-11)14(13)17-9-10-4-2-1-3-5-10/h1-5,11-12,14,16H,6-9H2/b15-13+/t11-,12-,14-/m0/s1. The molecule has 0 unspecified atom stereocenters. The Balaban J connectivity index is 1.66. The van der Waals surface area contributed by atoms with Crippen LogP contribution in [0, 0.1) is 11.8 Å². The molecule has 3 atom stereocenters. The van der Waals surface area contributed by atoms with E-state index in [1.165, 1.54) is 24.8 Å². The molecule has 1 N–H and O–H groups in total. The molecule has 0 saturated heterocycles. The Bertz CT molecular complexity index is 417. The highest BCUT2D eigenvalue weighted by Gasteiger charge is 2.45. The van der Waals surface area contributed by atoms with Crippen LogP contribution in [0.15, 0.2) is 35.5 Å². The van der Waals surface area contributed by atoms with Crippen LogP contribution < -0.4 is 0 Å². The highest BCUT2D eigenvalue weighted by Crippen LogP contribution is 2.48. The summed E-state index contributed by atoms with van der Waals surface area (Å²) in [6, 6.07) is 10.5. The van der Waals surface area contributed by atoms with Crippen molar-refractivity contribution in [3.63, 3.8) is 0 Å². The van der Waals surface area contributed by atoms with Crippen LogP contribution in [0.25, 0.3) is 0 Å². The van der Waals surface area contributed by atoms with Crippen LogP contribution in [-0.2, 0) is 5.75 Å². The van der Waals surface area contributed by atoms with Crippen molar-refractivity contribution in [1.29, 1.82) is 0 Å². The molecule has 3 rings (SSSR count). The van der Waals surface area contributed by atoms with E-state index in [9.17, 15) is 0 Å². The van der Waals surface area contributed by atoms with Crippen molar-refractivity contribution in [2.24, 2.45) is 17.0 Å². The molecular formula is C14H17NOS. The first kappa shape index (κ1) is 11.1. The van der Waals surface area contributed by atoms with Crippen molar-refractivity contribution in [3.05, 3.63) is 35.9 Å². The Hall–Kier alpha value is -0.960. The van der Waals surface area contributed by atoms with E-state index in [1.807, 2.05) is 17.8 Å². The lowest BCUT2D eigenvalue weighted by atomic mass is 9.98. The number of thioether (sulfide) groups is 1. The molecule has 2 aliphatic carbocycles. The fourth-order valence-corrected chi connectivity index (χ4v) is 4.65. The van der Waals surface area contributed by atoms with E-state index >= 15 is 0 Å². The van der Waals surface area contributed by atoms with Crippen molar-refractivity contribution in [2.45, 2.75) is 30.3 Å². The van der Waals surface area contributed by atoms with Crippen LogP contribution in [0.2, 0.25) is 0 Å². The van der Waals surface area contributed by atoms with E-state index in [0.29, 0.717) is 11.2 Å². The summed E-state index contributed by atoms with van der Waals surface area (Å²) < 4.78 is 0. The molecule has 0 aliphatic heterocycles. The average molecular weight is 247 g/mol. The molecule has 0 radical (unpaired) electrons. The maximum atomic E-state index is 9.13. The second kappa shape index (κ2) is 4.73. The third-order valence-corrected chi connectivity index (χ3v) is 5.48. The molecule has 2 nitrogen and oxygen atoms in total. The summed E-state index contributed by atoms with van der Waals surface area (Å²) in [6.45, 7) is 0. The Kier molecular flexibility index (Phi) is 3.10. The fourth-order valence-electron chi connectivity index (χ4n) is 3.15.